The van der Waals surface area contributed by atoms with Gasteiger partial charge in [0.15, 0.2) is 0 Å². The Labute approximate surface area is 136 Å². The monoisotopic (exact) mass is 330 g/mol. The normalized spacial score (nSPS) is 9.92. The Kier molecular flexibility index (Phi) is 5.05. The number of amides is 2. The highest BCUT2D eigenvalue weighted by atomic mass is 16.6. The Balaban J connectivity index is 2.23. The number of benzene rings is 1. The van der Waals surface area contributed by atoms with Gasteiger partial charge in [0, 0.05) is 24.8 Å². The Morgan fingerprint density at radius 1 is 1.21 bits per heavy atom. The molecule has 0 saturated heterocycles. The second kappa shape index (κ2) is 7.18. The quantitative estimate of drug-likeness (QED) is 0.640. The second-order valence-corrected chi connectivity index (χ2v) is 4.71. The molecule has 0 fully saturated rings. The lowest BCUT2D eigenvalue weighted by atomic mass is 10.2. The molecule has 24 heavy (non-hydrogen) atoms. The average molecular weight is 330 g/mol. The zero-order chi connectivity index (χ0) is 17.7. The summed E-state index contributed by atoms with van der Waals surface area (Å²) < 4.78 is 5.06. The van der Waals surface area contributed by atoms with Crippen molar-refractivity contribution in [3.8, 4) is 5.75 Å². The predicted molar refractivity (Wildman–Crippen MR) is 86.1 cm³/mol. The summed E-state index contributed by atoms with van der Waals surface area (Å²) in [6.07, 6.45) is 1.38. The number of nitrogens with one attached hydrogen (secondary N) is 2. The van der Waals surface area contributed by atoms with Crippen LogP contribution in [-0.4, -0.2) is 28.8 Å². The maximum absolute atomic E-state index is 12.3. The summed E-state index contributed by atoms with van der Waals surface area (Å²) in [6.45, 7) is 1.33. The van der Waals surface area contributed by atoms with Crippen molar-refractivity contribution in [1.82, 2.24) is 4.98 Å². The van der Waals surface area contributed by atoms with Crippen LogP contribution in [0.4, 0.5) is 17.2 Å². The fraction of sp³-hybridized carbons (Fsp3) is 0.133. The zero-order valence-corrected chi connectivity index (χ0v) is 12.9. The third kappa shape index (κ3) is 4.03. The largest absolute Gasteiger partial charge is 0.494 e. The molecular formula is C15H14N4O5. The number of pyridine rings is 1. The van der Waals surface area contributed by atoms with Crippen molar-refractivity contribution in [3.05, 3.63) is 52.2 Å². The van der Waals surface area contributed by atoms with Gasteiger partial charge in [0.25, 0.3) is 11.6 Å². The number of hydrogen-bond acceptors (Lipinski definition) is 6. The van der Waals surface area contributed by atoms with Gasteiger partial charge in [-0.1, -0.05) is 0 Å². The molecule has 1 heterocycles. The first-order chi connectivity index (χ1) is 11.4. The highest BCUT2D eigenvalue weighted by Gasteiger charge is 2.15. The number of methoxy groups -OCH3 is 1. The summed E-state index contributed by atoms with van der Waals surface area (Å²) in [7, 11) is 1.34. The Morgan fingerprint density at radius 2 is 1.96 bits per heavy atom. The van der Waals surface area contributed by atoms with Crippen molar-refractivity contribution in [2.45, 2.75) is 6.92 Å². The molecule has 1 aromatic heterocycles. The van der Waals surface area contributed by atoms with Crippen molar-refractivity contribution in [2.24, 2.45) is 0 Å². The SMILES string of the molecule is COc1cc([N+](=O)[O-])ccc1NC(=O)c1ccnc(NC(C)=O)c1. The minimum Gasteiger partial charge on any atom is -0.494 e. The van der Waals surface area contributed by atoms with Gasteiger partial charge in [-0.2, -0.15) is 0 Å². The average Bonchev–Trinajstić information content (AvgIpc) is 2.54. The maximum atomic E-state index is 12.3. The lowest BCUT2D eigenvalue weighted by Gasteiger charge is -2.10. The van der Waals surface area contributed by atoms with Crippen molar-refractivity contribution in [2.75, 3.05) is 17.7 Å². The number of ether oxygens (including phenoxy) is 1. The van der Waals surface area contributed by atoms with E-state index >= 15 is 0 Å². The van der Waals surface area contributed by atoms with Crippen LogP contribution in [0.2, 0.25) is 0 Å². The van der Waals surface area contributed by atoms with Crippen LogP contribution in [0.25, 0.3) is 0 Å². The van der Waals surface area contributed by atoms with Gasteiger partial charge in [-0.3, -0.25) is 19.7 Å². The van der Waals surface area contributed by atoms with Crippen molar-refractivity contribution in [1.29, 1.82) is 0 Å². The molecule has 9 nitrogen and oxygen atoms in total. The molecule has 2 N–H and O–H groups in total. The number of non-ortho nitro benzene ring substituents is 1. The smallest absolute Gasteiger partial charge is 0.273 e. The number of nitro benzene ring substituents is 1. The first-order valence-electron chi connectivity index (χ1n) is 6.78. The van der Waals surface area contributed by atoms with Gasteiger partial charge in [0.05, 0.1) is 23.8 Å². The molecule has 2 rings (SSSR count). The fourth-order valence-corrected chi connectivity index (χ4v) is 1.91. The van der Waals surface area contributed by atoms with E-state index in [1.54, 1.807) is 0 Å². The molecule has 0 unspecified atom stereocenters. The van der Waals surface area contributed by atoms with Crippen molar-refractivity contribution < 1.29 is 19.2 Å². The molecule has 124 valence electrons. The van der Waals surface area contributed by atoms with Gasteiger partial charge in [0.1, 0.15) is 11.6 Å². The molecule has 0 saturated carbocycles. The van der Waals surface area contributed by atoms with E-state index in [0.717, 1.165) is 0 Å². The van der Waals surface area contributed by atoms with E-state index in [2.05, 4.69) is 15.6 Å². The minimum absolute atomic E-state index is 0.151. The van der Waals surface area contributed by atoms with Crippen LogP contribution in [0.5, 0.6) is 5.75 Å². The highest BCUT2D eigenvalue weighted by molar-refractivity contribution is 6.05. The number of nitrogens with zero attached hydrogens (tertiary/aromatic N) is 2. The van der Waals surface area contributed by atoms with E-state index in [9.17, 15) is 19.7 Å². The summed E-state index contributed by atoms with van der Waals surface area (Å²) in [5, 5.41) is 15.8. The van der Waals surface area contributed by atoms with Gasteiger partial charge in [-0.15, -0.1) is 0 Å². The van der Waals surface area contributed by atoms with Crippen molar-refractivity contribution in [3.63, 3.8) is 0 Å². The molecule has 2 amide bonds. The number of anilines is 2. The summed E-state index contributed by atoms with van der Waals surface area (Å²) in [5.41, 5.74) is 0.391. The number of carbonyl (C=O) groups excluding carboxylic acids is 2. The third-order valence-electron chi connectivity index (χ3n) is 2.97. The van der Waals surface area contributed by atoms with E-state index in [0.29, 0.717) is 0 Å². The molecule has 0 atom stereocenters. The topological polar surface area (TPSA) is 123 Å². The van der Waals surface area contributed by atoms with E-state index in [4.69, 9.17) is 4.74 Å². The molecule has 9 heteroatoms. The minimum atomic E-state index is -0.559. The molecule has 0 radical (unpaired) electrons. The van der Waals surface area contributed by atoms with Crippen LogP contribution < -0.4 is 15.4 Å². The second-order valence-electron chi connectivity index (χ2n) is 4.71. The van der Waals surface area contributed by atoms with Crippen LogP contribution in [0, 0.1) is 10.1 Å². The van der Waals surface area contributed by atoms with Crippen molar-refractivity contribution >= 4 is 29.0 Å². The Hall–Kier alpha value is -3.49. The first kappa shape index (κ1) is 16.9. The van der Waals surface area contributed by atoms with Gasteiger partial charge in [-0.25, -0.2) is 4.98 Å². The highest BCUT2D eigenvalue weighted by Crippen LogP contribution is 2.29. The number of hydrogen-bond donors (Lipinski definition) is 2. The van der Waals surface area contributed by atoms with E-state index in [1.165, 1.54) is 50.6 Å². The zero-order valence-electron chi connectivity index (χ0n) is 12.9. The fourth-order valence-electron chi connectivity index (χ4n) is 1.91. The van der Waals surface area contributed by atoms with Crippen LogP contribution in [0.1, 0.15) is 17.3 Å². The van der Waals surface area contributed by atoms with Gasteiger partial charge in [-0.05, 0) is 18.2 Å². The summed E-state index contributed by atoms with van der Waals surface area (Å²) in [5.74, 6) is -0.382. The molecule has 2 aromatic rings. The van der Waals surface area contributed by atoms with E-state index in [-0.39, 0.29) is 34.4 Å². The lowest BCUT2D eigenvalue weighted by Crippen LogP contribution is -2.14. The summed E-state index contributed by atoms with van der Waals surface area (Å²) in [4.78, 5) is 37.5. The van der Waals surface area contributed by atoms with Gasteiger partial charge >= 0.3 is 0 Å². The molecule has 1 aromatic carbocycles. The first-order valence-corrected chi connectivity index (χ1v) is 6.78. The van der Waals surface area contributed by atoms with Crippen LogP contribution in [0.15, 0.2) is 36.5 Å². The number of carbonyl (C=O) groups is 2. The van der Waals surface area contributed by atoms with Gasteiger partial charge < -0.3 is 15.4 Å². The van der Waals surface area contributed by atoms with Crippen LogP contribution in [-0.2, 0) is 4.79 Å². The van der Waals surface area contributed by atoms with Crippen LogP contribution in [0.3, 0.4) is 0 Å². The predicted octanol–water partition coefficient (Wildman–Crippen LogP) is 2.21. The maximum Gasteiger partial charge on any atom is 0.273 e. The lowest BCUT2D eigenvalue weighted by molar-refractivity contribution is -0.384. The standard InChI is InChI=1S/C15H14N4O5/c1-9(20)17-14-7-10(5-6-16-14)15(21)18-12-4-3-11(19(22)23)8-13(12)24-2/h3-8H,1-2H3,(H,18,21)(H,16,17,20). The molecule has 0 spiro atoms. The molecule has 0 aliphatic carbocycles. The summed E-state index contributed by atoms with van der Waals surface area (Å²) in [6, 6.07) is 6.73. The van der Waals surface area contributed by atoms with Crippen LogP contribution >= 0.6 is 0 Å². The number of rotatable bonds is 5. The molecule has 0 aliphatic heterocycles. The Bertz CT molecular complexity index is 806. The Morgan fingerprint density at radius 3 is 2.58 bits per heavy atom. The van der Waals surface area contributed by atoms with E-state index in [1.807, 2.05) is 0 Å². The molecule has 0 aliphatic rings. The number of aromatic nitrogens is 1. The van der Waals surface area contributed by atoms with E-state index < -0.39 is 10.8 Å². The molecular weight excluding hydrogens is 316 g/mol. The molecule has 0 bridgehead atoms. The summed E-state index contributed by atoms with van der Waals surface area (Å²) >= 11 is 0. The number of nitro groups is 1. The third-order valence-corrected chi connectivity index (χ3v) is 2.97. The van der Waals surface area contributed by atoms with Gasteiger partial charge in [0.2, 0.25) is 5.91 Å².